The highest BCUT2D eigenvalue weighted by Crippen LogP contribution is 2.37. The Balaban J connectivity index is 1.20. The van der Waals surface area contributed by atoms with Crippen molar-refractivity contribution < 1.29 is 24.3 Å². The van der Waals surface area contributed by atoms with Crippen LogP contribution < -0.4 is 16.0 Å². The molecule has 53 heavy (non-hydrogen) atoms. The van der Waals surface area contributed by atoms with E-state index in [-0.39, 0.29) is 22.2 Å². The van der Waals surface area contributed by atoms with Crippen molar-refractivity contribution in [3.63, 3.8) is 0 Å². The van der Waals surface area contributed by atoms with Crippen molar-refractivity contribution in [2.45, 2.75) is 10.1 Å². The third-order valence-corrected chi connectivity index (χ3v) is 9.62. The fourth-order valence-electron chi connectivity index (χ4n) is 5.34. The molecule has 0 saturated heterocycles. The van der Waals surface area contributed by atoms with Crippen molar-refractivity contribution >= 4 is 64.5 Å². The van der Waals surface area contributed by atoms with Gasteiger partial charge in [-0.15, -0.1) is 11.8 Å². The van der Waals surface area contributed by atoms with Crippen LogP contribution in [0.4, 0.5) is 11.4 Å². The Kier molecular flexibility index (Phi) is 11.8. The Hall–Kier alpha value is -6.42. The van der Waals surface area contributed by atoms with Crippen LogP contribution in [0.3, 0.4) is 0 Å². The molecule has 1 unspecified atom stereocenters. The first kappa shape index (κ1) is 36.4. The number of carboxylic acids is 1. The standard InChI is InChI=1S/C43H32ClN3O5S/c44-37-25-22-34(27-36(37)43(51)52)46-42(50)39(31-12-6-2-7-13-31)53-35-23-20-33(21-24-35)45-41(49)38(47-40(48)32-14-8-3-9-15-32)26-28-16-18-30(19-17-28)29-10-4-1-5-11-29/h1-27,39H,(H,45,49)(H,46,50)(H,47,48)(H,51,52)/b38-26-. The highest BCUT2D eigenvalue weighted by atomic mass is 35.5. The van der Waals surface area contributed by atoms with Gasteiger partial charge in [-0.3, -0.25) is 14.4 Å². The lowest BCUT2D eigenvalue weighted by atomic mass is 10.0. The molecule has 0 bridgehead atoms. The van der Waals surface area contributed by atoms with Gasteiger partial charge in [-0.25, -0.2) is 4.79 Å². The number of carboxylic acid groups (broad SMARTS) is 1. The third-order valence-electron chi connectivity index (χ3n) is 8.03. The van der Waals surface area contributed by atoms with E-state index in [9.17, 15) is 24.3 Å². The molecule has 8 nitrogen and oxygen atoms in total. The average Bonchev–Trinajstić information content (AvgIpc) is 3.19. The van der Waals surface area contributed by atoms with E-state index in [4.69, 9.17) is 11.6 Å². The Morgan fingerprint density at radius 1 is 0.642 bits per heavy atom. The summed E-state index contributed by atoms with van der Waals surface area (Å²) in [5.74, 6) is -2.52. The van der Waals surface area contributed by atoms with Crippen LogP contribution in [0.25, 0.3) is 17.2 Å². The largest absolute Gasteiger partial charge is 0.478 e. The predicted octanol–water partition coefficient (Wildman–Crippen LogP) is 9.59. The number of hydrogen-bond acceptors (Lipinski definition) is 5. The van der Waals surface area contributed by atoms with Gasteiger partial charge in [-0.2, -0.15) is 0 Å². The number of thioether (sulfide) groups is 1. The molecule has 0 heterocycles. The molecular weight excluding hydrogens is 706 g/mol. The van der Waals surface area contributed by atoms with Crippen LogP contribution in [0, 0.1) is 0 Å². The Labute approximate surface area is 315 Å². The molecule has 0 radical (unpaired) electrons. The number of rotatable bonds is 12. The molecule has 1 atom stereocenters. The molecule has 0 aliphatic heterocycles. The summed E-state index contributed by atoms with van der Waals surface area (Å²) in [6, 6.07) is 46.7. The number of benzene rings is 6. The van der Waals surface area contributed by atoms with Crippen LogP contribution in [0.1, 0.15) is 37.1 Å². The summed E-state index contributed by atoms with van der Waals surface area (Å²) in [7, 11) is 0. The maximum absolute atomic E-state index is 13.7. The smallest absolute Gasteiger partial charge is 0.337 e. The van der Waals surface area contributed by atoms with Gasteiger partial charge in [0.25, 0.3) is 11.8 Å². The summed E-state index contributed by atoms with van der Waals surface area (Å²) in [5.41, 5.74) is 4.65. The second-order valence-corrected chi connectivity index (χ2v) is 13.3. The Bertz CT molecular complexity index is 2270. The van der Waals surface area contributed by atoms with E-state index in [2.05, 4.69) is 16.0 Å². The number of anilines is 2. The van der Waals surface area contributed by atoms with Crippen LogP contribution >= 0.6 is 23.4 Å². The molecule has 0 fully saturated rings. The fraction of sp³-hybridized carbons (Fsp3) is 0.0233. The molecule has 10 heteroatoms. The van der Waals surface area contributed by atoms with Gasteiger partial charge < -0.3 is 21.1 Å². The molecule has 4 N–H and O–H groups in total. The van der Waals surface area contributed by atoms with Crippen LogP contribution in [-0.4, -0.2) is 28.8 Å². The number of amides is 3. The normalized spacial score (nSPS) is 11.6. The van der Waals surface area contributed by atoms with Crippen molar-refractivity contribution in [3.8, 4) is 11.1 Å². The van der Waals surface area contributed by atoms with Gasteiger partial charge in [0.2, 0.25) is 5.91 Å². The van der Waals surface area contributed by atoms with Gasteiger partial charge in [-0.05, 0) is 82.9 Å². The first-order valence-corrected chi connectivity index (χ1v) is 17.7. The van der Waals surface area contributed by atoms with Gasteiger partial charge in [0.15, 0.2) is 0 Å². The first-order chi connectivity index (χ1) is 25.7. The molecule has 0 saturated carbocycles. The van der Waals surface area contributed by atoms with E-state index in [0.29, 0.717) is 16.9 Å². The van der Waals surface area contributed by atoms with Crippen molar-refractivity contribution in [2.75, 3.05) is 10.6 Å². The van der Waals surface area contributed by atoms with Crippen LogP contribution in [0.2, 0.25) is 5.02 Å². The average molecular weight is 738 g/mol. The minimum Gasteiger partial charge on any atom is -0.478 e. The molecule has 6 aromatic rings. The highest BCUT2D eigenvalue weighted by molar-refractivity contribution is 8.00. The monoisotopic (exact) mass is 737 g/mol. The van der Waals surface area contributed by atoms with Crippen molar-refractivity contribution in [1.82, 2.24) is 5.32 Å². The molecule has 0 spiro atoms. The summed E-state index contributed by atoms with van der Waals surface area (Å²) in [6.45, 7) is 0. The van der Waals surface area contributed by atoms with E-state index < -0.39 is 23.0 Å². The first-order valence-electron chi connectivity index (χ1n) is 16.4. The van der Waals surface area contributed by atoms with Crippen LogP contribution in [0.15, 0.2) is 168 Å². The minimum absolute atomic E-state index is 0.0545. The lowest BCUT2D eigenvalue weighted by molar-refractivity contribution is -0.116. The lowest BCUT2D eigenvalue weighted by Crippen LogP contribution is -2.30. The summed E-state index contributed by atoms with van der Waals surface area (Å²) < 4.78 is 0. The van der Waals surface area contributed by atoms with Gasteiger partial charge in [-0.1, -0.05) is 115 Å². The number of hydrogen-bond donors (Lipinski definition) is 4. The number of aromatic carboxylic acids is 1. The van der Waals surface area contributed by atoms with Crippen molar-refractivity contribution in [2.24, 2.45) is 0 Å². The van der Waals surface area contributed by atoms with Crippen molar-refractivity contribution in [1.29, 1.82) is 0 Å². The zero-order valence-corrected chi connectivity index (χ0v) is 29.6. The molecule has 0 aliphatic rings. The van der Waals surface area contributed by atoms with Crippen LogP contribution in [-0.2, 0) is 9.59 Å². The van der Waals surface area contributed by atoms with E-state index in [1.807, 2.05) is 91.0 Å². The van der Waals surface area contributed by atoms with Crippen LogP contribution in [0.5, 0.6) is 0 Å². The van der Waals surface area contributed by atoms with E-state index in [1.54, 1.807) is 60.7 Å². The number of halogens is 1. The Morgan fingerprint density at radius 2 is 1.23 bits per heavy atom. The quantitative estimate of drug-likeness (QED) is 0.0733. The molecule has 3 amide bonds. The van der Waals surface area contributed by atoms with Gasteiger partial charge in [0.05, 0.1) is 10.6 Å². The van der Waals surface area contributed by atoms with Gasteiger partial charge in [0, 0.05) is 21.8 Å². The molecule has 0 aliphatic carbocycles. The maximum Gasteiger partial charge on any atom is 0.337 e. The Morgan fingerprint density at radius 3 is 1.87 bits per heavy atom. The molecular formula is C43H32ClN3O5S. The fourth-order valence-corrected chi connectivity index (χ4v) is 6.56. The number of carbonyl (C=O) groups excluding carboxylic acids is 3. The lowest BCUT2D eigenvalue weighted by Gasteiger charge is -2.18. The summed E-state index contributed by atoms with van der Waals surface area (Å²) >= 11 is 7.31. The number of nitrogens with one attached hydrogen (secondary N) is 3. The molecule has 6 aromatic carbocycles. The molecule has 6 rings (SSSR count). The summed E-state index contributed by atoms with van der Waals surface area (Å²) in [6.07, 6.45) is 1.62. The zero-order chi connectivity index (χ0) is 37.2. The maximum atomic E-state index is 13.7. The highest BCUT2D eigenvalue weighted by Gasteiger charge is 2.23. The van der Waals surface area contributed by atoms with E-state index in [0.717, 1.165) is 27.1 Å². The third kappa shape index (κ3) is 9.68. The van der Waals surface area contributed by atoms with E-state index in [1.165, 1.54) is 23.9 Å². The summed E-state index contributed by atoms with van der Waals surface area (Å²) in [5, 5.41) is 17.3. The van der Waals surface area contributed by atoms with Gasteiger partial charge in [0.1, 0.15) is 10.9 Å². The summed E-state index contributed by atoms with van der Waals surface area (Å²) in [4.78, 5) is 52.7. The van der Waals surface area contributed by atoms with Gasteiger partial charge >= 0.3 is 5.97 Å². The molecule has 262 valence electrons. The second-order valence-electron chi connectivity index (χ2n) is 11.7. The second kappa shape index (κ2) is 17.2. The predicted molar refractivity (Wildman–Crippen MR) is 211 cm³/mol. The minimum atomic E-state index is -1.20. The van der Waals surface area contributed by atoms with Crippen molar-refractivity contribution in [3.05, 3.63) is 191 Å². The van der Waals surface area contributed by atoms with E-state index >= 15 is 0 Å². The molecule has 0 aromatic heterocycles. The number of carbonyl (C=O) groups is 4. The topological polar surface area (TPSA) is 125 Å². The zero-order valence-electron chi connectivity index (χ0n) is 28.0. The SMILES string of the molecule is O=C(Nc1ccc(SC(C(=O)Nc2ccc(Cl)c(C(=O)O)c2)c2ccccc2)cc1)/C(=C/c1ccc(-c2ccccc2)cc1)NC(=O)c1ccccc1.